The van der Waals surface area contributed by atoms with Crippen LogP contribution < -0.4 is 9.64 Å². The van der Waals surface area contributed by atoms with Gasteiger partial charge in [-0.05, 0) is 43.3 Å². The standard InChI is InChI=1S/C22H23FN4O3S/c1-16-2-8-19(9-3-16)29-14-20-24-25-22(30-20)31-15-21(28)27-12-10-26(11-13-27)18-6-4-17(23)5-7-18/h2-9H,10-15H2,1H3. The number of nitrogens with zero attached hydrogens (tertiary/aromatic N) is 4. The highest BCUT2D eigenvalue weighted by molar-refractivity contribution is 7.99. The van der Waals surface area contributed by atoms with Crippen LogP contribution in [0.15, 0.2) is 58.2 Å². The highest BCUT2D eigenvalue weighted by Gasteiger charge is 2.22. The van der Waals surface area contributed by atoms with Crippen LogP contribution in [0, 0.1) is 12.7 Å². The van der Waals surface area contributed by atoms with Crippen LogP contribution in [-0.2, 0) is 11.4 Å². The van der Waals surface area contributed by atoms with Gasteiger partial charge in [0.25, 0.3) is 11.1 Å². The Hall–Kier alpha value is -3.07. The lowest BCUT2D eigenvalue weighted by Gasteiger charge is -2.36. The van der Waals surface area contributed by atoms with Gasteiger partial charge in [0.15, 0.2) is 6.61 Å². The molecule has 4 rings (SSSR count). The topological polar surface area (TPSA) is 71.7 Å². The number of hydrogen-bond acceptors (Lipinski definition) is 7. The SMILES string of the molecule is Cc1ccc(OCc2nnc(SCC(=O)N3CCN(c4ccc(F)cc4)CC3)o2)cc1. The minimum Gasteiger partial charge on any atom is -0.484 e. The maximum atomic E-state index is 13.1. The van der Waals surface area contributed by atoms with E-state index in [0.717, 1.165) is 17.0 Å². The quantitative estimate of drug-likeness (QED) is 0.518. The molecule has 2 heterocycles. The van der Waals surface area contributed by atoms with Crippen LogP contribution in [0.25, 0.3) is 0 Å². The third-order valence-electron chi connectivity index (χ3n) is 4.97. The monoisotopic (exact) mass is 442 g/mol. The number of hydrogen-bond donors (Lipinski definition) is 0. The summed E-state index contributed by atoms with van der Waals surface area (Å²) >= 11 is 1.22. The van der Waals surface area contributed by atoms with E-state index in [1.54, 1.807) is 12.1 Å². The molecule has 2 aromatic carbocycles. The lowest BCUT2D eigenvalue weighted by Crippen LogP contribution is -2.49. The minimum atomic E-state index is -0.250. The largest absolute Gasteiger partial charge is 0.484 e. The van der Waals surface area contributed by atoms with Crippen molar-refractivity contribution in [3.8, 4) is 5.75 Å². The molecular weight excluding hydrogens is 419 g/mol. The number of aryl methyl sites for hydroxylation is 1. The molecule has 31 heavy (non-hydrogen) atoms. The summed E-state index contributed by atoms with van der Waals surface area (Å²) in [4.78, 5) is 16.5. The summed E-state index contributed by atoms with van der Waals surface area (Å²) in [5.41, 5.74) is 2.12. The molecule has 9 heteroatoms. The van der Waals surface area contributed by atoms with E-state index in [4.69, 9.17) is 9.15 Å². The predicted octanol–water partition coefficient (Wildman–Crippen LogP) is 3.54. The lowest BCUT2D eigenvalue weighted by molar-refractivity contribution is -0.128. The first-order valence-corrected chi connectivity index (χ1v) is 11.0. The zero-order valence-corrected chi connectivity index (χ0v) is 18.0. The molecule has 3 aromatic rings. The number of halogens is 1. The van der Waals surface area contributed by atoms with Crippen molar-refractivity contribution in [2.45, 2.75) is 18.8 Å². The number of amides is 1. The predicted molar refractivity (Wildman–Crippen MR) is 116 cm³/mol. The van der Waals surface area contributed by atoms with Crippen LogP contribution in [0.5, 0.6) is 5.75 Å². The summed E-state index contributed by atoms with van der Waals surface area (Å²) in [5, 5.41) is 8.29. The van der Waals surface area contributed by atoms with E-state index < -0.39 is 0 Å². The summed E-state index contributed by atoms with van der Waals surface area (Å²) in [5.74, 6) is 1.10. The number of thioether (sulfide) groups is 1. The first kappa shape index (κ1) is 21.2. The Labute approximate surface area is 184 Å². The van der Waals surface area contributed by atoms with Gasteiger partial charge in [-0.2, -0.15) is 0 Å². The summed E-state index contributed by atoms with van der Waals surface area (Å²) in [6.45, 7) is 4.85. The van der Waals surface area contributed by atoms with Gasteiger partial charge in [0.1, 0.15) is 11.6 Å². The fourth-order valence-electron chi connectivity index (χ4n) is 3.22. The Bertz CT molecular complexity index is 1000. The molecule has 0 saturated carbocycles. The van der Waals surface area contributed by atoms with Crippen molar-refractivity contribution in [3.63, 3.8) is 0 Å². The van der Waals surface area contributed by atoms with Crippen LogP contribution in [0.1, 0.15) is 11.5 Å². The van der Waals surface area contributed by atoms with E-state index in [0.29, 0.717) is 37.3 Å². The van der Waals surface area contributed by atoms with Gasteiger partial charge in [-0.3, -0.25) is 4.79 Å². The summed E-state index contributed by atoms with van der Waals surface area (Å²) in [7, 11) is 0. The van der Waals surface area contributed by atoms with Crippen molar-refractivity contribution in [1.29, 1.82) is 0 Å². The van der Waals surface area contributed by atoms with Crippen LogP contribution >= 0.6 is 11.8 Å². The number of carbonyl (C=O) groups excluding carboxylic acids is 1. The van der Waals surface area contributed by atoms with Crippen LogP contribution in [0.4, 0.5) is 10.1 Å². The molecule has 1 aromatic heterocycles. The highest BCUT2D eigenvalue weighted by Crippen LogP contribution is 2.20. The number of anilines is 1. The van der Waals surface area contributed by atoms with E-state index in [-0.39, 0.29) is 24.1 Å². The second kappa shape index (κ2) is 9.82. The molecule has 0 unspecified atom stereocenters. The maximum absolute atomic E-state index is 13.1. The van der Waals surface area contributed by atoms with Gasteiger partial charge in [0.05, 0.1) is 5.75 Å². The number of carbonyl (C=O) groups is 1. The van der Waals surface area contributed by atoms with E-state index >= 15 is 0 Å². The van der Waals surface area contributed by atoms with Gasteiger partial charge in [0, 0.05) is 31.9 Å². The molecule has 162 valence electrons. The third kappa shape index (κ3) is 5.75. The lowest BCUT2D eigenvalue weighted by atomic mass is 10.2. The molecule has 1 fully saturated rings. The Balaban J connectivity index is 1.20. The van der Waals surface area contributed by atoms with Crippen LogP contribution in [0.3, 0.4) is 0 Å². The molecule has 1 aliphatic heterocycles. The smallest absolute Gasteiger partial charge is 0.277 e. The minimum absolute atomic E-state index is 0.0272. The molecule has 0 atom stereocenters. The van der Waals surface area contributed by atoms with E-state index in [1.165, 1.54) is 23.9 Å². The molecule has 0 radical (unpaired) electrons. The Morgan fingerprint density at radius 1 is 1.06 bits per heavy atom. The third-order valence-corrected chi connectivity index (χ3v) is 5.78. The molecule has 0 bridgehead atoms. The second-order valence-corrected chi connectivity index (χ2v) is 8.12. The Morgan fingerprint density at radius 3 is 2.48 bits per heavy atom. The van der Waals surface area contributed by atoms with Crippen molar-refractivity contribution in [1.82, 2.24) is 15.1 Å². The fourth-order valence-corrected chi connectivity index (χ4v) is 3.90. The molecule has 0 aliphatic carbocycles. The molecule has 0 spiro atoms. The summed E-state index contributed by atoms with van der Waals surface area (Å²) in [6.07, 6.45) is 0. The van der Waals surface area contributed by atoms with Crippen molar-refractivity contribution in [3.05, 3.63) is 65.8 Å². The van der Waals surface area contributed by atoms with Gasteiger partial charge < -0.3 is 19.0 Å². The van der Waals surface area contributed by atoms with Crippen molar-refractivity contribution >= 4 is 23.4 Å². The van der Waals surface area contributed by atoms with Gasteiger partial charge >= 0.3 is 0 Å². The van der Waals surface area contributed by atoms with Crippen LogP contribution in [-0.4, -0.2) is 52.9 Å². The number of benzene rings is 2. The number of aromatic nitrogens is 2. The molecule has 7 nitrogen and oxygen atoms in total. The van der Waals surface area contributed by atoms with Gasteiger partial charge in [-0.1, -0.05) is 29.5 Å². The second-order valence-electron chi connectivity index (χ2n) is 7.20. The van der Waals surface area contributed by atoms with Crippen molar-refractivity contribution < 1.29 is 18.3 Å². The van der Waals surface area contributed by atoms with Crippen molar-refractivity contribution in [2.24, 2.45) is 0 Å². The normalized spacial score (nSPS) is 14.0. The first-order valence-electron chi connectivity index (χ1n) is 10.00. The maximum Gasteiger partial charge on any atom is 0.277 e. The van der Waals surface area contributed by atoms with E-state index in [1.807, 2.05) is 36.1 Å². The van der Waals surface area contributed by atoms with E-state index in [9.17, 15) is 9.18 Å². The summed E-state index contributed by atoms with van der Waals surface area (Å²) in [6, 6.07) is 14.1. The van der Waals surface area contributed by atoms with Gasteiger partial charge in [0.2, 0.25) is 5.91 Å². The Morgan fingerprint density at radius 2 is 1.77 bits per heavy atom. The molecule has 1 saturated heterocycles. The number of piperazine rings is 1. The van der Waals surface area contributed by atoms with E-state index in [2.05, 4.69) is 15.1 Å². The molecule has 0 N–H and O–H groups in total. The molecular formula is C22H23FN4O3S. The molecule has 1 amide bonds. The number of ether oxygens (including phenoxy) is 1. The zero-order chi connectivity index (χ0) is 21.6. The zero-order valence-electron chi connectivity index (χ0n) is 17.2. The fraction of sp³-hybridized carbons (Fsp3) is 0.318. The number of rotatable bonds is 7. The Kier molecular flexibility index (Phi) is 6.71. The highest BCUT2D eigenvalue weighted by atomic mass is 32.2. The van der Waals surface area contributed by atoms with Crippen molar-refractivity contribution in [2.75, 3.05) is 36.8 Å². The summed E-state index contributed by atoms with van der Waals surface area (Å²) < 4.78 is 24.3. The van der Waals surface area contributed by atoms with Gasteiger partial charge in [-0.25, -0.2) is 4.39 Å². The first-order chi connectivity index (χ1) is 15.1. The average molecular weight is 443 g/mol. The van der Waals surface area contributed by atoms with Crippen LogP contribution in [0.2, 0.25) is 0 Å². The molecule has 1 aliphatic rings. The van der Waals surface area contributed by atoms with Gasteiger partial charge in [-0.15, -0.1) is 10.2 Å². The average Bonchev–Trinajstić information content (AvgIpc) is 3.26.